The highest BCUT2D eigenvalue weighted by atomic mass is 16.6. The maximum Gasteiger partial charge on any atom is 0.366 e. The monoisotopic (exact) mass is 396 g/mol. The topological polar surface area (TPSA) is 106 Å². The van der Waals surface area contributed by atoms with Gasteiger partial charge in [-0.25, -0.2) is 0 Å². The number of pyridine rings is 1. The zero-order chi connectivity index (χ0) is 20.8. The number of anilines is 1. The van der Waals surface area contributed by atoms with Gasteiger partial charge in [-0.15, -0.1) is 0 Å². The van der Waals surface area contributed by atoms with Crippen molar-refractivity contribution in [3.05, 3.63) is 57.6 Å². The van der Waals surface area contributed by atoms with Crippen LogP contribution in [0.5, 0.6) is 5.75 Å². The lowest BCUT2D eigenvalue weighted by Gasteiger charge is -2.37. The van der Waals surface area contributed by atoms with Gasteiger partial charge in [0.15, 0.2) is 11.4 Å². The van der Waals surface area contributed by atoms with Crippen LogP contribution in [0.4, 0.5) is 11.6 Å². The lowest BCUT2D eigenvalue weighted by molar-refractivity contribution is -0.389. The number of rotatable bonds is 3. The van der Waals surface area contributed by atoms with E-state index in [-0.39, 0.29) is 24.0 Å². The summed E-state index contributed by atoms with van der Waals surface area (Å²) in [5, 5.41) is 11.1. The molecule has 4 rings (SSSR count). The number of hydrogen-bond donors (Lipinski definition) is 0. The van der Waals surface area contributed by atoms with Gasteiger partial charge in [-0.3, -0.25) is 14.5 Å². The Morgan fingerprint density at radius 2 is 1.97 bits per heavy atom. The van der Waals surface area contributed by atoms with Gasteiger partial charge in [-0.2, -0.15) is 0 Å². The molecule has 2 amide bonds. The summed E-state index contributed by atoms with van der Waals surface area (Å²) >= 11 is 0. The van der Waals surface area contributed by atoms with Crippen LogP contribution in [0, 0.1) is 10.1 Å². The molecule has 3 heterocycles. The van der Waals surface area contributed by atoms with E-state index in [1.54, 1.807) is 18.7 Å². The Morgan fingerprint density at radius 3 is 2.69 bits per heavy atom. The maximum atomic E-state index is 13.0. The molecule has 9 heteroatoms. The van der Waals surface area contributed by atoms with E-state index in [9.17, 15) is 19.7 Å². The summed E-state index contributed by atoms with van der Waals surface area (Å²) < 4.78 is 5.67. The summed E-state index contributed by atoms with van der Waals surface area (Å²) in [5.41, 5.74) is 1.08. The molecule has 0 N–H and O–H groups in total. The zero-order valence-electron chi connectivity index (χ0n) is 16.1. The van der Waals surface area contributed by atoms with E-state index < -0.39 is 22.2 Å². The van der Waals surface area contributed by atoms with Crippen LogP contribution in [0.3, 0.4) is 0 Å². The Bertz CT molecular complexity index is 1020. The van der Waals surface area contributed by atoms with Crippen LogP contribution in [-0.4, -0.2) is 45.3 Å². The van der Waals surface area contributed by atoms with E-state index in [0.29, 0.717) is 13.1 Å². The van der Waals surface area contributed by atoms with Gasteiger partial charge in [-0.1, -0.05) is 24.3 Å². The van der Waals surface area contributed by atoms with Gasteiger partial charge in [0.2, 0.25) is 5.91 Å². The van der Waals surface area contributed by atoms with Crippen LogP contribution in [-0.2, 0) is 22.6 Å². The number of nitro groups is 1. The lowest BCUT2D eigenvalue weighted by Crippen LogP contribution is -2.55. The number of fused-ring (bicyclic) bond motifs is 2. The molecule has 2 aliphatic heterocycles. The summed E-state index contributed by atoms with van der Waals surface area (Å²) in [6, 6.07) is 10.6. The van der Waals surface area contributed by atoms with Crippen molar-refractivity contribution in [2.45, 2.75) is 32.4 Å². The van der Waals surface area contributed by atoms with Crippen LogP contribution < -0.4 is 9.64 Å². The zero-order valence-corrected chi connectivity index (χ0v) is 16.1. The fraction of sp³-hybridized carbons (Fsp3) is 0.350. The van der Waals surface area contributed by atoms with Crippen molar-refractivity contribution in [1.82, 2.24) is 9.88 Å². The third-order valence-corrected chi connectivity index (χ3v) is 5.17. The second-order valence-corrected chi connectivity index (χ2v) is 7.59. The number of carbonyl (C=O) groups is 2. The fourth-order valence-electron chi connectivity index (χ4n) is 3.63. The minimum atomic E-state index is -1.21. The minimum Gasteiger partial charge on any atom is -0.472 e. The molecule has 0 spiro atoms. The molecule has 0 bridgehead atoms. The van der Waals surface area contributed by atoms with Gasteiger partial charge >= 0.3 is 5.82 Å². The molecule has 0 saturated carbocycles. The summed E-state index contributed by atoms with van der Waals surface area (Å²) in [5.74, 6) is -0.899. The van der Waals surface area contributed by atoms with Gasteiger partial charge in [-0.05, 0) is 47.4 Å². The highest BCUT2D eigenvalue weighted by molar-refractivity contribution is 6.05. The van der Waals surface area contributed by atoms with Crippen molar-refractivity contribution >= 4 is 23.5 Å². The Balaban J connectivity index is 1.62. The molecule has 0 fully saturated rings. The molecule has 1 aromatic heterocycles. The van der Waals surface area contributed by atoms with E-state index in [1.165, 1.54) is 22.6 Å². The number of hydrogen-bond acceptors (Lipinski definition) is 6. The van der Waals surface area contributed by atoms with Crippen molar-refractivity contribution in [3.63, 3.8) is 0 Å². The first-order valence-corrected chi connectivity index (χ1v) is 9.27. The Kier molecular flexibility index (Phi) is 4.45. The third-order valence-electron chi connectivity index (χ3n) is 5.17. The molecule has 0 aliphatic carbocycles. The molecule has 0 saturated heterocycles. The average molecular weight is 396 g/mol. The summed E-state index contributed by atoms with van der Waals surface area (Å²) in [7, 11) is 0. The highest BCUT2D eigenvalue weighted by Crippen LogP contribution is 2.37. The molecule has 29 heavy (non-hydrogen) atoms. The molecule has 2 aromatic rings. The Hall–Kier alpha value is -3.49. The number of amides is 2. The number of benzene rings is 1. The van der Waals surface area contributed by atoms with Gasteiger partial charge in [0.25, 0.3) is 11.7 Å². The minimum absolute atomic E-state index is 0.00529. The van der Waals surface area contributed by atoms with Crippen LogP contribution >= 0.6 is 0 Å². The number of nitrogens with zero attached hydrogens (tertiary/aromatic N) is 4. The van der Waals surface area contributed by atoms with Crippen LogP contribution in [0.15, 0.2) is 36.4 Å². The predicted molar refractivity (Wildman–Crippen MR) is 104 cm³/mol. The highest BCUT2D eigenvalue weighted by Gasteiger charge is 2.45. The molecule has 0 radical (unpaired) electrons. The van der Waals surface area contributed by atoms with Crippen molar-refractivity contribution in [2.75, 3.05) is 18.0 Å². The standard InChI is InChI=1S/C20H20N4O5/c1-20(2)19(26)23(18-15(29-20)7-8-16(21-18)24(27)28)12-17(25)22-10-9-13-5-3-4-6-14(13)11-22/h3-8H,9-12H2,1-2H3. The van der Waals surface area contributed by atoms with E-state index in [1.807, 2.05) is 24.3 Å². The average Bonchev–Trinajstić information content (AvgIpc) is 2.70. The first-order chi connectivity index (χ1) is 13.8. The first-order valence-electron chi connectivity index (χ1n) is 9.27. The van der Waals surface area contributed by atoms with E-state index >= 15 is 0 Å². The predicted octanol–water partition coefficient (Wildman–Crippen LogP) is 2.08. The third kappa shape index (κ3) is 3.39. The fourth-order valence-corrected chi connectivity index (χ4v) is 3.63. The Morgan fingerprint density at radius 1 is 1.24 bits per heavy atom. The summed E-state index contributed by atoms with van der Waals surface area (Å²) in [6.07, 6.45) is 0.741. The molecule has 150 valence electrons. The largest absolute Gasteiger partial charge is 0.472 e. The smallest absolute Gasteiger partial charge is 0.366 e. The van der Waals surface area contributed by atoms with Crippen molar-refractivity contribution < 1.29 is 19.2 Å². The maximum absolute atomic E-state index is 13.0. The quantitative estimate of drug-likeness (QED) is 0.581. The number of aromatic nitrogens is 1. The molecule has 2 aliphatic rings. The van der Waals surface area contributed by atoms with Crippen LogP contribution in [0.1, 0.15) is 25.0 Å². The molecule has 1 aromatic carbocycles. The molecule has 0 atom stereocenters. The van der Waals surface area contributed by atoms with Gasteiger partial charge in [0.05, 0.1) is 0 Å². The van der Waals surface area contributed by atoms with E-state index in [4.69, 9.17) is 4.74 Å². The van der Waals surface area contributed by atoms with E-state index in [2.05, 4.69) is 4.98 Å². The van der Waals surface area contributed by atoms with E-state index in [0.717, 1.165) is 12.0 Å². The molecular weight excluding hydrogens is 376 g/mol. The van der Waals surface area contributed by atoms with Gasteiger partial charge in [0, 0.05) is 19.2 Å². The van der Waals surface area contributed by atoms with Crippen LogP contribution in [0.2, 0.25) is 0 Å². The number of carbonyl (C=O) groups excluding carboxylic acids is 2. The Labute approximate surface area is 167 Å². The normalized spacial score (nSPS) is 17.2. The number of ether oxygens (including phenoxy) is 1. The molecule has 9 nitrogen and oxygen atoms in total. The van der Waals surface area contributed by atoms with Crippen molar-refractivity contribution in [1.29, 1.82) is 0 Å². The lowest BCUT2D eigenvalue weighted by atomic mass is 10.00. The van der Waals surface area contributed by atoms with Gasteiger partial charge in [0.1, 0.15) is 6.54 Å². The van der Waals surface area contributed by atoms with Gasteiger partial charge < -0.3 is 19.8 Å². The molecule has 0 unspecified atom stereocenters. The van der Waals surface area contributed by atoms with Crippen molar-refractivity contribution in [2.24, 2.45) is 0 Å². The summed E-state index contributed by atoms with van der Waals surface area (Å²) in [4.78, 5) is 43.2. The summed E-state index contributed by atoms with van der Waals surface area (Å²) in [6.45, 7) is 3.94. The SMILES string of the molecule is CC1(C)Oc2ccc([N+](=O)[O-])nc2N(CC(=O)N2CCc3ccccc3C2)C1=O. The molecular formula is C20H20N4O5. The van der Waals surface area contributed by atoms with Crippen molar-refractivity contribution in [3.8, 4) is 5.75 Å². The second kappa shape index (κ2) is 6.84. The second-order valence-electron chi connectivity index (χ2n) is 7.59. The van der Waals surface area contributed by atoms with Crippen LogP contribution in [0.25, 0.3) is 0 Å². The first kappa shape index (κ1) is 18.9.